The number of hydrogen-bond donors (Lipinski definition) is 1. The Labute approximate surface area is 144 Å². The van der Waals surface area contributed by atoms with Crippen LogP contribution in [0.5, 0.6) is 5.88 Å². The third kappa shape index (κ3) is 3.43. The minimum Gasteiger partial charge on any atom is -0.477 e. The fraction of sp³-hybridized carbons (Fsp3) is 0.294. The summed E-state index contributed by atoms with van der Waals surface area (Å²) in [6.45, 7) is 2.78. The molecule has 0 saturated heterocycles. The molecule has 3 rings (SSSR count). The van der Waals surface area contributed by atoms with Crippen LogP contribution in [-0.2, 0) is 11.3 Å². The number of ether oxygens (including phenoxy) is 1. The lowest BCUT2D eigenvalue weighted by atomic mass is 9.94. The van der Waals surface area contributed by atoms with E-state index in [-0.39, 0.29) is 11.8 Å². The normalized spacial score (nSPS) is 16.4. The number of nitrogens with one attached hydrogen (secondary N) is 1. The van der Waals surface area contributed by atoms with Crippen LogP contribution < -0.4 is 10.1 Å². The number of aryl methyl sites for hydroxylation is 1. The standard InChI is InChI=1S/C17H16Cl2N2O2/c1-10-7-11(18)8-15(19)14(10)9-21-16(22)12-4-6-23-17-13(12)3-2-5-20-17/h2-3,5,7-8,12H,4,6,9H2,1H3,(H,21,22)/t12-/m1/s1. The quantitative estimate of drug-likeness (QED) is 0.913. The molecule has 1 aromatic heterocycles. The van der Waals surface area contributed by atoms with E-state index in [1.165, 1.54) is 0 Å². The lowest BCUT2D eigenvalue weighted by Gasteiger charge is -2.24. The molecule has 0 spiro atoms. The Morgan fingerprint density at radius 1 is 1.43 bits per heavy atom. The van der Waals surface area contributed by atoms with Crippen molar-refractivity contribution in [2.75, 3.05) is 6.61 Å². The number of aromatic nitrogens is 1. The van der Waals surface area contributed by atoms with Crippen LogP contribution >= 0.6 is 23.2 Å². The number of pyridine rings is 1. The zero-order valence-corrected chi connectivity index (χ0v) is 14.1. The predicted molar refractivity (Wildman–Crippen MR) is 90.1 cm³/mol. The average molecular weight is 351 g/mol. The van der Waals surface area contributed by atoms with Crippen LogP contribution in [0.15, 0.2) is 30.5 Å². The van der Waals surface area contributed by atoms with Gasteiger partial charge in [-0.2, -0.15) is 0 Å². The van der Waals surface area contributed by atoms with Crippen molar-refractivity contribution >= 4 is 29.1 Å². The molecule has 120 valence electrons. The van der Waals surface area contributed by atoms with Gasteiger partial charge in [-0.1, -0.05) is 29.3 Å². The highest BCUT2D eigenvalue weighted by atomic mass is 35.5. The van der Waals surface area contributed by atoms with E-state index in [0.717, 1.165) is 16.7 Å². The largest absolute Gasteiger partial charge is 0.477 e. The molecule has 1 atom stereocenters. The summed E-state index contributed by atoms with van der Waals surface area (Å²) in [5.41, 5.74) is 2.66. The molecule has 0 saturated carbocycles. The summed E-state index contributed by atoms with van der Waals surface area (Å²) in [5, 5.41) is 4.11. The van der Waals surface area contributed by atoms with E-state index in [4.69, 9.17) is 27.9 Å². The van der Waals surface area contributed by atoms with E-state index in [0.29, 0.717) is 35.5 Å². The van der Waals surface area contributed by atoms with Crippen molar-refractivity contribution in [2.45, 2.75) is 25.8 Å². The fourth-order valence-electron chi connectivity index (χ4n) is 2.75. The summed E-state index contributed by atoms with van der Waals surface area (Å²) >= 11 is 12.2. The summed E-state index contributed by atoms with van der Waals surface area (Å²) in [6, 6.07) is 7.22. The maximum Gasteiger partial charge on any atom is 0.228 e. The SMILES string of the molecule is Cc1cc(Cl)cc(Cl)c1CNC(=O)[C@@H]1CCOc2ncccc21. The van der Waals surface area contributed by atoms with E-state index in [9.17, 15) is 4.79 Å². The number of halogens is 2. The van der Waals surface area contributed by atoms with Crippen molar-refractivity contribution in [3.63, 3.8) is 0 Å². The van der Waals surface area contributed by atoms with Crippen molar-refractivity contribution in [1.29, 1.82) is 0 Å². The Kier molecular flexibility index (Phi) is 4.74. The molecule has 0 bridgehead atoms. The summed E-state index contributed by atoms with van der Waals surface area (Å²) in [6.07, 6.45) is 2.30. The van der Waals surface area contributed by atoms with Gasteiger partial charge in [0.1, 0.15) is 0 Å². The lowest BCUT2D eigenvalue weighted by molar-refractivity contribution is -0.123. The predicted octanol–water partition coefficient (Wildman–Crippen LogP) is 3.88. The topological polar surface area (TPSA) is 51.2 Å². The van der Waals surface area contributed by atoms with Gasteiger partial charge in [-0.15, -0.1) is 0 Å². The van der Waals surface area contributed by atoms with E-state index >= 15 is 0 Å². The Balaban J connectivity index is 1.74. The number of carbonyl (C=O) groups excluding carboxylic acids is 1. The van der Waals surface area contributed by atoms with Crippen LogP contribution in [0.25, 0.3) is 0 Å². The van der Waals surface area contributed by atoms with Gasteiger partial charge in [0.15, 0.2) is 0 Å². The minimum absolute atomic E-state index is 0.0482. The average Bonchev–Trinajstić information content (AvgIpc) is 2.53. The smallest absolute Gasteiger partial charge is 0.228 e. The van der Waals surface area contributed by atoms with Crippen molar-refractivity contribution in [3.05, 3.63) is 57.2 Å². The van der Waals surface area contributed by atoms with E-state index < -0.39 is 0 Å². The van der Waals surface area contributed by atoms with Gasteiger partial charge in [0.2, 0.25) is 11.8 Å². The first kappa shape index (κ1) is 16.1. The van der Waals surface area contributed by atoms with Crippen LogP contribution in [-0.4, -0.2) is 17.5 Å². The molecule has 6 heteroatoms. The second-order valence-corrected chi connectivity index (χ2v) is 6.33. The Bertz CT molecular complexity index is 726. The van der Waals surface area contributed by atoms with E-state index in [1.54, 1.807) is 12.3 Å². The van der Waals surface area contributed by atoms with Gasteiger partial charge >= 0.3 is 0 Å². The highest BCUT2D eigenvalue weighted by molar-refractivity contribution is 6.35. The summed E-state index contributed by atoms with van der Waals surface area (Å²) in [7, 11) is 0. The number of amides is 1. The zero-order chi connectivity index (χ0) is 16.4. The molecule has 2 heterocycles. The van der Waals surface area contributed by atoms with Crippen molar-refractivity contribution in [1.82, 2.24) is 10.3 Å². The van der Waals surface area contributed by atoms with Crippen molar-refractivity contribution < 1.29 is 9.53 Å². The lowest BCUT2D eigenvalue weighted by Crippen LogP contribution is -2.32. The molecule has 1 aliphatic rings. The second kappa shape index (κ2) is 6.77. The van der Waals surface area contributed by atoms with Gasteiger partial charge < -0.3 is 10.1 Å². The molecule has 4 nitrogen and oxygen atoms in total. The first-order valence-electron chi connectivity index (χ1n) is 7.36. The van der Waals surface area contributed by atoms with Gasteiger partial charge in [0.05, 0.1) is 12.5 Å². The number of hydrogen-bond acceptors (Lipinski definition) is 3. The number of benzene rings is 1. The van der Waals surface area contributed by atoms with Crippen LogP contribution in [0, 0.1) is 6.92 Å². The maximum atomic E-state index is 12.6. The molecule has 0 aliphatic carbocycles. The van der Waals surface area contributed by atoms with E-state index in [2.05, 4.69) is 10.3 Å². The number of rotatable bonds is 3. The summed E-state index contributed by atoms with van der Waals surface area (Å²) in [4.78, 5) is 16.7. The molecule has 1 aliphatic heterocycles. The van der Waals surface area contributed by atoms with Crippen LogP contribution in [0.4, 0.5) is 0 Å². The number of fused-ring (bicyclic) bond motifs is 1. The zero-order valence-electron chi connectivity index (χ0n) is 12.6. The highest BCUT2D eigenvalue weighted by Gasteiger charge is 2.28. The molecule has 2 aromatic rings. The Hall–Kier alpha value is -1.78. The molecule has 1 amide bonds. The molecule has 0 fully saturated rings. The first-order chi connectivity index (χ1) is 11.1. The van der Waals surface area contributed by atoms with Crippen molar-refractivity contribution in [2.24, 2.45) is 0 Å². The maximum absolute atomic E-state index is 12.6. The fourth-order valence-corrected chi connectivity index (χ4v) is 3.41. The Morgan fingerprint density at radius 2 is 2.26 bits per heavy atom. The van der Waals surface area contributed by atoms with Gasteiger partial charge in [-0.3, -0.25) is 4.79 Å². The van der Waals surface area contributed by atoms with Gasteiger partial charge in [0.25, 0.3) is 0 Å². The van der Waals surface area contributed by atoms with Crippen LogP contribution in [0.3, 0.4) is 0 Å². The third-order valence-corrected chi connectivity index (χ3v) is 4.52. The monoisotopic (exact) mass is 350 g/mol. The molecule has 1 N–H and O–H groups in total. The molecule has 0 radical (unpaired) electrons. The van der Waals surface area contributed by atoms with E-state index in [1.807, 2.05) is 25.1 Å². The molecule has 0 unspecified atom stereocenters. The van der Waals surface area contributed by atoms with Gasteiger partial charge in [0, 0.05) is 28.4 Å². The Morgan fingerprint density at radius 3 is 3.04 bits per heavy atom. The molecular weight excluding hydrogens is 335 g/mol. The number of nitrogens with zero attached hydrogens (tertiary/aromatic N) is 1. The summed E-state index contributed by atoms with van der Waals surface area (Å²) < 4.78 is 5.49. The highest BCUT2D eigenvalue weighted by Crippen LogP contribution is 2.32. The summed E-state index contributed by atoms with van der Waals surface area (Å²) in [5.74, 6) is 0.242. The second-order valence-electron chi connectivity index (χ2n) is 5.49. The molecule has 23 heavy (non-hydrogen) atoms. The third-order valence-electron chi connectivity index (χ3n) is 3.96. The minimum atomic E-state index is -0.251. The van der Waals surface area contributed by atoms with Crippen LogP contribution in [0.2, 0.25) is 10.0 Å². The van der Waals surface area contributed by atoms with Gasteiger partial charge in [-0.05, 0) is 42.7 Å². The van der Waals surface area contributed by atoms with Crippen LogP contribution in [0.1, 0.15) is 29.0 Å². The molecular formula is C17H16Cl2N2O2. The number of carbonyl (C=O) groups is 1. The van der Waals surface area contributed by atoms with Crippen molar-refractivity contribution in [3.8, 4) is 5.88 Å². The molecule has 1 aromatic carbocycles. The first-order valence-corrected chi connectivity index (χ1v) is 8.12. The van der Waals surface area contributed by atoms with Gasteiger partial charge in [-0.25, -0.2) is 4.98 Å².